The summed E-state index contributed by atoms with van der Waals surface area (Å²) in [5, 5.41) is 0. The molecule has 0 spiro atoms. The lowest BCUT2D eigenvalue weighted by Gasteiger charge is -2.65. The molecule has 0 N–H and O–H groups in total. The molecular formula is C26H39BO. The van der Waals surface area contributed by atoms with E-state index in [2.05, 4.69) is 44.2 Å². The van der Waals surface area contributed by atoms with Crippen LogP contribution >= 0.6 is 0 Å². The van der Waals surface area contributed by atoms with Crippen LogP contribution in [0.2, 0.25) is 17.5 Å². The quantitative estimate of drug-likeness (QED) is 0.374. The van der Waals surface area contributed by atoms with E-state index < -0.39 is 0 Å². The second-order valence-corrected chi connectivity index (χ2v) is 11.2. The van der Waals surface area contributed by atoms with Crippen molar-refractivity contribution in [2.75, 3.05) is 6.61 Å². The summed E-state index contributed by atoms with van der Waals surface area (Å²) in [4.78, 5) is 0. The number of hydrogen-bond donors (Lipinski definition) is 0. The Morgan fingerprint density at radius 1 is 0.964 bits per heavy atom. The molecule has 0 amide bonds. The summed E-state index contributed by atoms with van der Waals surface area (Å²) in [6, 6.07) is 10.7. The molecule has 2 aliphatic heterocycles. The highest BCUT2D eigenvalue weighted by Crippen LogP contribution is 2.68. The van der Waals surface area contributed by atoms with Crippen LogP contribution < -0.4 is 0 Å². The van der Waals surface area contributed by atoms with Gasteiger partial charge in [-0.2, -0.15) is 0 Å². The van der Waals surface area contributed by atoms with E-state index in [-0.39, 0.29) is 0 Å². The van der Waals surface area contributed by atoms with Gasteiger partial charge in [-0.3, -0.25) is 0 Å². The smallest absolute Gasteiger partial charge is 0.149 e. The van der Waals surface area contributed by atoms with Crippen molar-refractivity contribution in [1.82, 2.24) is 0 Å². The van der Waals surface area contributed by atoms with E-state index in [0.717, 1.165) is 55.1 Å². The lowest BCUT2D eigenvalue weighted by atomic mass is 9.18. The van der Waals surface area contributed by atoms with Crippen LogP contribution in [-0.4, -0.2) is 13.3 Å². The molecule has 1 nitrogen and oxygen atoms in total. The topological polar surface area (TPSA) is 9.23 Å². The van der Waals surface area contributed by atoms with Gasteiger partial charge in [-0.25, -0.2) is 0 Å². The van der Waals surface area contributed by atoms with Crippen molar-refractivity contribution in [1.29, 1.82) is 0 Å². The predicted molar refractivity (Wildman–Crippen MR) is 119 cm³/mol. The number of rotatable bonds is 6. The zero-order valence-corrected chi connectivity index (χ0v) is 18.1. The van der Waals surface area contributed by atoms with Crippen molar-refractivity contribution < 1.29 is 4.74 Å². The Hall–Kier alpha value is -0.755. The van der Waals surface area contributed by atoms with Gasteiger partial charge in [0.15, 0.2) is 0 Å². The standard InChI is InChI=1S/C26H39BO/c1-26(2)20-16-24(26)23(14-15-28-18-19-8-4-3-5-9-19)25(17-20)27-21-10-6-11-22(27)13-7-12-21/h3-5,8-9,20-25H,6-7,10-18H2,1-2H3/t20-,21?,22?,23?,24+,25?/m1/s1. The van der Waals surface area contributed by atoms with Crippen LogP contribution in [-0.2, 0) is 11.3 Å². The Labute approximate surface area is 173 Å². The van der Waals surface area contributed by atoms with Crippen LogP contribution in [0.3, 0.4) is 0 Å². The Morgan fingerprint density at radius 2 is 1.64 bits per heavy atom. The lowest BCUT2D eigenvalue weighted by Crippen LogP contribution is -2.58. The first-order chi connectivity index (χ1) is 13.6. The molecule has 1 aromatic rings. The molecule has 2 heterocycles. The molecule has 5 aliphatic rings. The maximum atomic E-state index is 6.19. The molecule has 2 heteroatoms. The lowest BCUT2D eigenvalue weighted by molar-refractivity contribution is -0.112. The number of hydrogen-bond acceptors (Lipinski definition) is 1. The Kier molecular flexibility index (Phi) is 5.37. The van der Waals surface area contributed by atoms with Crippen molar-refractivity contribution in [3.05, 3.63) is 35.9 Å². The minimum atomic E-state index is 0.588. The zero-order chi connectivity index (χ0) is 19.1. The SMILES string of the molecule is CC1(C)[C@H]2CC(B3C4CCCC3CCC4)C(CCOCc3ccccc3)[C@@H]1C2. The van der Waals surface area contributed by atoms with Gasteiger partial charge in [-0.1, -0.05) is 107 Å². The summed E-state index contributed by atoms with van der Waals surface area (Å²) >= 11 is 0. The van der Waals surface area contributed by atoms with E-state index in [1.807, 2.05) is 0 Å². The molecule has 152 valence electrons. The number of fused-ring (bicyclic) bond motifs is 5. The third kappa shape index (κ3) is 3.38. The van der Waals surface area contributed by atoms with Gasteiger partial charge in [-0.05, 0) is 41.6 Å². The summed E-state index contributed by atoms with van der Waals surface area (Å²) in [5.41, 5.74) is 1.90. The first-order valence-electron chi connectivity index (χ1n) is 12.3. The molecule has 3 aliphatic carbocycles. The third-order valence-corrected chi connectivity index (χ3v) is 9.76. The zero-order valence-electron chi connectivity index (χ0n) is 18.1. The summed E-state index contributed by atoms with van der Waals surface area (Å²) in [5.74, 6) is 6.01. The van der Waals surface area contributed by atoms with Gasteiger partial charge in [0.2, 0.25) is 0 Å². The van der Waals surface area contributed by atoms with Crippen molar-refractivity contribution >= 4 is 6.71 Å². The molecule has 2 unspecified atom stereocenters. The maximum Gasteiger partial charge on any atom is 0.149 e. The van der Waals surface area contributed by atoms with Crippen LogP contribution in [0.25, 0.3) is 0 Å². The molecule has 28 heavy (non-hydrogen) atoms. The van der Waals surface area contributed by atoms with Gasteiger partial charge in [0.05, 0.1) is 6.61 Å². The summed E-state index contributed by atoms with van der Waals surface area (Å²) in [6.45, 7) is 7.94. The molecule has 0 aromatic heterocycles. The van der Waals surface area contributed by atoms with Gasteiger partial charge in [0.1, 0.15) is 6.71 Å². The summed E-state index contributed by atoms with van der Waals surface area (Å²) in [6.07, 6.45) is 13.5. The molecule has 4 bridgehead atoms. The van der Waals surface area contributed by atoms with Crippen LogP contribution in [0.5, 0.6) is 0 Å². The second-order valence-electron chi connectivity index (χ2n) is 11.2. The third-order valence-electron chi connectivity index (χ3n) is 9.76. The predicted octanol–water partition coefficient (Wildman–Crippen LogP) is 7.25. The Bertz CT molecular complexity index is 634. The van der Waals surface area contributed by atoms with Gasteiger partial charge in [0.25, 0.3) is 0 Å². The molecule has 0 radical (unpaired) electrons. The fourth-order valence-corrected chi connectivity index (χ4v) is 8.25. The van der Waals surface area contributed by atoms with E-state index >= 15 is 0 Å². The molecule has 2 saturated heterocycles. The van der Waals surface area contributed by atoms with Crippen molar-refractivity contribution in [3.63, 3.8) is 0 Å². The summed E-state index contributed by atoms with van der Waals surface area (Å²) in [7, 11) is 0. The van der Waals surface area contributed by atoms with E-state index in [0.29, 0.717) is 5.41 Å². The minimum absolute atomic E-state index is 0.588. The van der Waals surface area contributed by atoms with Crippen LogP contribution in [0.1, 0.15) is 77.2 Å². The van der Waals surface area contributed by atoms with Gasteiger partial charge < -0.3 is 4.74 Å². The number of benzene rings is 1. The first-order valence-corrected chi connectivity index (χ1v) is 12.3. The highest BCUT2D eigenvalue weighted by molar-refractivity contribution is 6.64. The molecule has 6 rings (SSSR count). The second kappa shape index (κ2) is 7.82. The van der Waals surface area contributed by atoms with Crippen LogP contribution in [0, 0.1) is 23.2 Å². The Balaban J connectivity index is 1.26. The van der Waals surface area contributed by atoms with E-state index in [1.165, 1.54) is 63.4 Å². The maximum absolute atomic E-state index is 6.19. The molecule has 1 aromatic carbocycles. The van der Waals surface area contributed by atoms with Crippen molar-refractivity contribution in [2.45, 2.75) is 95.7 Å². The molecule has 3 saturated carbocycles. The average Bonchev–Trinajstić information content (AvgIpc) is 2.71. The average molecular weight is 378 g/mol. The van der Waals surface area contributed by atoms with Crippen molar-refractivity contribution in [2.24, 2.45) is 23.2 Å². The van der Waals surface area contributed by atoms with Crippen LogP contribution in [0.4, 0.5) is 0 Å². The van der Waals surface area contributed by atoms with Crippen molar-refractivity contribution in [3.8, 4) is 0 Å². The van der Waals surface area contributed by atoms with Gasteiger partial charge >= 0.3 is 0 Å². The molecule has 5 fully saturated rings. The normalized spacial score (nSPS) is 38.7. The van der Waals surface area contributed by atoms with Crippen LogP contribution in [0.15, 0.2) is 30.3 Å². The summed E-state index contributed by atoms with van der Waals surface area (Å²) < 4.78 is 6.19. The Morgan fingerprint density at radius 3 is 2.29 bits per heavy atom. The number of ether oxygens (including phenoxy) is 1. The van der Waals surface area contributed by atoms with Gasteiger partial charge in [-0.15, -0.1) is 0 Å². The van der Waals surface area contributed by atoms with E-state index in [9.17, 15) is 0 Å². The first kappa shape index (κ1) is 19.2. The fourth-order valence-electron chi connectivity index (χ4n) is 8.25. The van der Waals surface area contributed by atoms with E-state index in [4.69, 9.17) is 4.74 Å². The molecule has 4 atom stereocenters. The monoisotopic (exact) mass is 378 g/mol. The largest absolute Gasteiger partial charge is 0.377 e. The highest BCUT2D eigenvalue weighted by atomic mass is 16.5. The fraction of sp³-hybridized carbons (Fsp3) is 0.769. The molecular weight excluding hydrogens is 339 g/mol. The highest BCUT2D eigenvalue weighted by Gasteiger charge is 2.60. The van der Waals surface area contributed by atoms with Gasteiger partial charge in [0, 0.05) is 6.61 Å². The minimum Gasteiger partial charge on any atom is -0.377 e. The van der Waals surface area contributed by atoms with E-state index in [1.54, 1.807) is 0 Å².